The van der Waals surface area contributed by atoms with Crippen molar-refractivity contribution in [3.05, 3.63) is 28.2 Å². The molecule has 2 N–H and O–H groups in total. The Bertz CT molecular complexity index is 475. The van der Waals surface area contributed by atoms with E-state index < -0.39 is 0 Å². The van der Waals surface area contributed by atoms with E-state index >= 15 is 0 Å². The van der Waals surface area contributed by atoms with E-state index in [1.165, 1.54) is 50.1 Å². The zero-order chi connectivity index (χ0) is 14.1. The first kappa shape index (κ1) is 14.4. The molecule has 0 spiro atoms. The molecule has 2 heterocycles. The molecular formula is C16H24BrN3. The van der Waals surface area contributed by atoms with E-state index in [0.717, 1.165) is 17.1 Å². The average molecular weight is 338 g/mol. The Kier molecular flexibility index (Phi) is 4.34. The van der Waals surface area contributed by atoms with Crippen LogP contribution < -0.4 is 10.6 Å². The third-order valence-corrected chi connectivity index (χ3v) is 5.33. The number of fused-ring (bicyclic) bond motifs is 1. The zero-order valence-corrected chi connectivity index (χ0v) is 13.8. The summed E-state index contributed by atoms with van der Waals surface area (Å²) in [5, 5.41) is 0. The summed E-state index contributed by atoms with van der Waals surface area (Å²) in [6.45, 7) is 6.93. The van der Waals surface area contributed by atoms with Crippen LogP contribution in [0.15, 0.2) is 22.7 Å². The second kappa shape index (κ2) is 6.04. The van der Waals surface area contributed by atoms with Crippen LogP contribution in [0.4, 0.5) is 5.69 Å². The van der Waals surface area contributed by atoms with E-state index in [1.807, 2.05) is 6.92 Å². The molecule has 3 rings (SSSR count). The highest BCUT2D eigenvalue weighted by molar-refractivity contribution is 9.10. The Labute approximate surface area is 130 Å². The predicted molar refractivity (Wildman–Crippen MR) is 88.2 cm³/mol. The minimum atomic E-state index is 0.0767. The summed E-state index contributed by atoms with van der Waals surface area (Å²) < 4.78 is 1.14. The van der Waals surface area contributed by atoms with Gasteiger partial charge in [0.25, 0.3) is 0 Å². The van der Waals surface area contributed by atoms with Gasteiger partial charge in [-0.05, 0) is 50.4 Å². The molecule has 2 atom stereocenters. The van der Waals surface area contributed by atoms with E-state index in [0.29, 0.717) is 0 Å². The Morgan fingerprint density at radius 3 is 2.80 bits per heavy atom. The molecule has 0 saturated carbocycles. The monoisotopic (exact) mass is 337 g/mol. The predicted octanol–water partition coefficient (Wildman–Crippen LogP) is 3.14. The molecule has 0 bridgehead atoms. The Morgan fingerprint density at radius 1 is 1.25 bits per heavy atom. The van der Waals surface area contributed by atoms with Crippen LogP contribution in [0.25, 0.3) is 0 Å². The summed E-state index contributed by atoms with van der Waals surface area (Å²) >= 11 is 3.67. The summed E-state index contributed by atoms with van der Waals surface area (Å²) in [6.07, 6.45) is 3.99. The minimum Gasteiger partial charge on any atom is -0.370 e. The molecule has 2 aliphatic heterocycles. The van der Waals surface area contributed by atoms with Crippen molar-refractivity contribution in [2.45, 2.75) is 38.3 Å². The third kappa shape index (κ3) is 2.87. The van der Waals surface area contributed by atoms with Gasteiger partial charge in [-0.2, -0.15) is 0 Å². The number of nitrogens with two attached hydrogens (primary N) is 1. The van der Waals surface area contributed by atoms with Crippen LogP contribution >= 0.6 is 15.9 Å². The molecular weight excluding hydrogens is 314 g/mol. The maximum atomic E-state index is 5.99. The van der Waals surface area contributed by atoms with E-state index in [2.05, 4.69) is 43.9 Å². The molecule has 0 aromatic heterocycles. The molecule has 3 nitrogen and oxygen atoms in total. The third-order valence-electron chi connectivity index (χ3n) is 4.64. The van der Waals surface area contributed by atoms with Crippen molar-refractivity contribution >= 4 is 21.6 Å². The van der Waals surface area contributed by atoms with Gasteiger partial charge in [-0.25, -0.2) is 0 Å². The number of rotatable bonds is 2. The standard InChI is InChI=1S/C16H24BrN3/c1-12(18)15-6-5-13(10-16(15)17)20-9-3-8-19-7-2-4-14(19)11-20/h5-6,10,12,14H,2-4,7-9,11,18H2,1H3/t12-,14?/m0/s1. The molecule has 20 heavy (non-hydrogen) atoms. The van der Waals surface area contributed by atoms with E-state index in [4.69, 9.17) is 5.73 Å². The fourth-order valence-corrected chi connectivity index (χ4v) is 4.25. The van der Waals surface area contributed by atoms with Crippen LogP contribution in [0.2, 0.25) is 0 Å². The van der Waals surface area contributed by atoms with Crippen molar-refractivity contribution < 1.29 is 0 Å². The lowest BCUT2D eigenvalue weighted by Crippen LogP contribution is -2.36. The SMILES string of the molecule is C[C@H](N)c1ccc(N2CCCN3CCCC3C2)cc1Br. The van der Waals surface area contributed by atoms with Gasteiger partial charge in [0.15, 0.2) is 0 Å². The van der Waals surface area contributed by atoms with Crippen molar-refractivity contribution in [1.82, 2.24) is 4.90 Å². The van der Waals surface area contributed by atoms with Crippen molar-refractivity contribution in [3.63, 3.8) is 0 Å². The lowest BCUT2D eigenvalue weighted by atomic mass is 10.1. The molecule has 0 aliphatic carbocycles. The molecule has 1 aromatic carbocycles. The molecule has 2 aliphatic rings. The van der Waals surface area contributed by atoms with Crippen LogP contribution in [-0.4, -0.2) is 37.1 Å². The van der Waals surface area contributed by atoms with Crippen molar-refractivity contribution in [3.8, 4) is 0 Å². The smallest absolute Gasteiger partial charge is 0.0378 e. The number of nitrogens with zero attached hydrogens (tertiary/aromatic N) is 2. The Hall–Kier alpha value is -0.580. The molecule has 110 valence electrons. The first-order chi connectivity index (χ1) is 9.65. The molecule has 2 saturated heterocycles. The Balaban J connectivity index is 1.79. The molecule has 1 aromatic rings. The maximum absolute atomic E-state index is 5.99. The summed E-state index contributed by atoms with van der Waals surface area (Å²) in [6, 6.07) is 7.47. The second-order valence-corrected chi connectivity index (χ2v) is 6.98. The lowest BCUT2D eigenvalue weighted by molar-refractivity contribution is 0.273. The fourth-order valence-electron chi connectivity index (χ4n) is 3.52. The quantitative estimate of drug-likeness (QED) is 0.899. The van der Waals surface area contributed by atoms with Crippen molar-refractivity contribution in [2.24, 2.45) is 5.73 Å². The minimum absolute atomic E-state index is 0.0767. The molecule has 2 fully saturated rings. The lowest BCUT2D eigenvalue weighted by Gasteiger charge is -2.28. The summed E-state index contributed by atoms with van der Waals surface area (Å²) in [7, 11) is 0. The van der Waals surface area contributed by atoms with Gasteiger partial charge in [0.2, 0.25) is 0 Å². The van der Waals surface area contributed by atoms with Gasteiger partial charge in [-0.15, -0.1) is 0 Å². The van der Waals surface area contributed by atoms with E-state index in [-0.39, 0.29) is 6.04 Å². The highest BCUT2D eigenvalue weighted by Crippen LogP contribution is 2.30. The first-order valence-corrected chi connectivity index (χ1v) is 8.48. The zero-order valence-electron chi connectivity index (χ0n) is 12.2. The van der Waals surface area contributed by atoms with Crippen LogP contribution in [0, 0.1) is 0 Å². The summed E-state index contributed by atoms with van der Waals surface area (Å²) in [5.41, 5.74) is 8.50. The van der Waals surface area contributed by atoms with Gasteiger partial charge in [0.1, 0.15) is 0 Å². The van der Waals surface area contributed by atoms with Gasteiger partial charge in [0.05, 0.1) is 0 Å². The molecule has 1 unspecified atom stereocenters. The maximum Gasteiger partial charge on any atom is 0.0378 e. The van der Waals surface area contributed by atoms with Crippen molar-refractivity contribution in [1.29, 1.82) is 0 Å². The topological polar surface area (TPSA) is 32.5 Å². The van der Waals surface area contributed by atoms with Crippen LogP contribution in [0.5, 0.6) is 0 Å². The number of halogens is 1. The van der Waals surface area contributed by atoms with Crippen LogP contribution in [-0.2, 0) is 0 Å². The number of benzene rings is 1. The van der Waals surface area contributed by atoms with Gasteiger partial charge >= 0.3 is 0 Å². The molecule has 0 amide bonds. The van der Waals surface area contributed by atoms with Gasteiger partial charge < -0.3 is 10.6 Å². The van der Waals surface area contributed by atoms with Gasteiger partial charge in [-0.1, -0.05) is 22.0 Å². The summed E-state index contributed by atoms with van der Waals surface area (Å²) in [5.74, 6) is 0. The highest BCUT2D eigenvalue weighted by Gasteiger charge is 2.28. The first-order valence-electron chi connectivity index (χ1n) is 7.69. The average Bonchev–Trinajstić information content (AvgIpc) is 2.75. The van der Waals surface area contributed by atoms with E-state index in [9.17, 15) is 0 Å². The summed E-state index contributed by atoms with van der Waals surface area (Å²) in [4.78, 5) is 5.22. The largest absolute Gasteiger partial charge is 0.370 e. The molecule has 4 heteroatoms. The number of hydrogen-bond donors (Lipinski definition) is 1. The van der Waals surface area contributed by atoms with Crippen molar-refractivity contribution in [2.75, 3.05) is 31.1 Å². The van der Waals surface area contributed by atoms with Gasteiger partial charge in [0, 0.05) is 41.9 Å². The molecule has 0 radical (unpaired) electrons. The fraction of sp³-hybridized carbons (Fsp3) is 0.625. The second-order valence-electron chi connectivity index (χ2n) is 6.13. The normalized spacial score (nSPS) is 25.4. The van der Waals surface area contributed by atoms with Crippen LogP contribution in [0.1, 0.15) is 37.8 Å². The van der Waals surface area contributed by atoms with Crippen LogP contribution in [0.3, 0.4) is 0 Å². The van der Waals surface area contributed by atoms with Gasteiger partial charge in [-0.3, -0.25) is 4.90 Å². The Morgan fingerprint density at radius 2 is 2.05 bits per heavy atom. The highest BCUT2D eigenvalue weighted by atomic mass is 79.9. The number of anilines is 1. The number of hydrogen-bond acceptors (Lipinski definition) is 3. The van der Waals surface area contributed by atoms with E-state index in [1.54, 1.807) is 0 Å².